The van der Waals surface area contributed by atoms with Crippen molar-refractivity contribution in [2.24, 2.45) is 0 Å². The summed E-state index contributed by atoms with van der Waals surface area (Å²) in [5.41, 5.74) is 1.47. The van der Waals surface area contributed by atoms with Crippen LogP contribution in [-0.2, 0) is 6.42 Å². The summed E-state index contributed by atoms with van der Waals surface area (Å²) in [6.45, 7) is 6.08. The smallest absolute Gasteiger partial charge is 0.0107 e. The molecule has 1 fully saturated rings. The van der Waals surface area contributed by atoms with Crippen LogP contribution >= 0.6 is 24.8 Å². The fourth-order valence-corrected chi connectivity index (χ4v) is 2.28. The van der Waals surface area contributed by atoms with Crippen molar-refractivity contribution in [1.82, 2.24) is 10.2 Å². The molecule has 2 nitrogen and oxygen atoms in total. The minimum atomic E-state index is 0. The molecule has 0 aliphatic carbocycles. The zero-order valence-electron chi connectivity index (χ0n) is 10.8. The first kappa shape index (κ1) is 17.7. The fourth-order valence-electron chi connectivity index (χ4n) is 2.28. The molecule has 0 amide bonds. The highest BCUT2D eigenvalue weighted by Gasteiger charge is 2.07. The second-order valence-corrected chi connectivity index (χ2v) is 4.53. The zero-order valence-corrected chi connectivity index (χ0v) is 12.4. The predicted molar refractivity (Wildman–Crippen MR) is 83.2 cm³/mol. The van der Waals surface area contributed by atoms with E-state index >= 15 is 0 Å². The summed E-state index contributed by atoms with van der Waals surface area (Å²) in [5, 5.41) is 3.44. The molecule has 1 N–H and O–H groups in total. The molecule has 1 aromatic carbocycles. The summed E-state index contributed by atoms with van der Waals surface area (Å²) >= 11 is 0. The monoisotopic (exact) mass is 290 g/mol. The quantitative estimate of drug-likeness (QED) is 0.917. The highest BCUT2D eigenvalue weighted by atomic mass is 35.5. The maximum absolute atomic E-state index is 3.44. The van der Waals surface area contributed by atoms with E-state index in [1.54, 1.807) is 0 Å². The Balaban J connectivity index is 0.00000144. The number of hydrogen-bond acceptors (Lipinski definition) is 2. The first-order chi connectivity index (χ1) is 7.95. The van der Waals surface area contributed by atoms with E-state index in [2.05, 4.69) is 40.5 Å². The SMILES string of the molecule is Cl.Cl.c1ccc(CCCN2CCCNCC2)cc1. The molecular formula is C14H24Cl2N2. The standard InChI is InChI=1S/C14H22N2.2ClH/c1-2-6-14(7-3-1)8-4-11-16-12-5-9-15-10-13-16;;/h1-3,6-7,15H,4-5,8-13H2;2*1H. The second kappa shape index (κ2) is 10.6. The van der Waals surface area contributed by atoms with Gasteiger partial charge in [0.25, 0.3) is 0 Å². The van der Waals surface area contributed by atoms with E-state index in [4.69, 9.17) is 0 Å². The molecule has 1 aliphatic rings. The van der Waals surface area contributed by atoms with Crippen LogP contribution in [0, 0.1) is 0 Å². The van der Waals surface area contributed by atoms with E-state index < -0.39 is 0 Å². The van der Waals surface area contributed by atoms with Gasteiger partial charge in [0, 0.05) is 13.1 Å². The summed E-state index contributed by atoms with van der Waals surface area (Å²) in [6, 6.07) is 10.8. The molecule has 0 unspecified atom stereocenters. The Morgan fingerprint density at radius 1 is 1.00 bits per heavy atom. The van der Waals surface area contributed by atoms with E-state index in [9.17, 15) is 0 Å². The van der Waals surface area contributed by atoms with Crippen LogP contribution in [0.4, 0.5) is 0 Å². The number of nitrogens with one attached hydrogen (secondary N) is 1. The third-order valence-corrected chi connectivity index (χ3v) is 3.22. The molecule has 1 saturated heterocycles. The van der Waals surface area contributed by atoms with Crippen molar-refractivity contribution in [3.63, 3.8) is 0 Å². The molecule has 104 valence electrons. The molecule has 18 heavy (non-hydrogen) atoms. The molecule has 0 saturated carbocycles. The molecule has 0 bridgehead atoms. The number of benzene rings is 1. The molecule has 1 aromatic rings. The number of aryl methyl sites for hydroxylation is 1. The van der Waals surface area contributed by atoms with Gasteiger partial charge in [-0.1, -0.05) is 30.3 Å². The molecule has 1 aliphatic heterocycles. The van der Waals surface area contributed by atoms with Crippen LogP contribution in [0.5, 0.6) is 0 Å². The van der Waals surface area contributed by atoms with Gasteiger partial charge in [-0.3, -0.25) is 0 Å². The number of halogens is 2. The third-order valence-electron chi connectivity index (χ3n) is 3.22. The molecule has 0 atom stereocenters. The van der Waals surface area contributed by atoms with Crippen molar-refractivity contribution in [2.45, 2.75) is 19.3 Å². The van der Waals surface area contributed by atoms with Crippen LogP contribution in [0.2, 0.25) is 0 Å². The molecule has 0 spiro atoms. The average molecular weight is 291 g/mol. The maximum atomic E-state index is 3.44. The molecule has 4 heteroatoms. The first-order valence-corrected chi connectivity index (χ1v) is 6.42. The second-order valence-electron chi connectivity index (χ2n) is 4.53. The van der Waals surface area contributed by atoms with Crippen molar-refractivity contribution >= 4 is 24.8 Å². The molecular weight excluding hydrogens is 267 g/mol. The van der Waals surface area contributed by atoms with Crippen LogP contribution in [0.3, 0.4) is 0 Å². The summed E-state index contributed by atoms with van der Waals surface area (Å²) in [5.74, 6) is 0. The van der Waals surface area contributed by atoms with Gasteiger partial charge >= 0.3 is 0 Å². The van der Waals surface area contributed by atoms with Crippen molar-refractivity contribution in [3.05, 3.63) is 35.9 Å². The van der Waals surface area contributed by atoms with Gasteiger partial charge in [-0.15, -0.1) is 24.8 Å². The number of rotatable bonds is 4. The Morgan fingerprint density at radius 2 is 1.78 bits per heavy atom. The predicted octanol–water partition coefficient (Wildman–Crippen LogP) is 2.76. The van der Waals surface area contributed by atoms with Crippen LogP contribution in [0.15, 0.2) is 30.3 Å². The first-order valence-electron chi connectivity index (χ1n) is 6.42. The lowest BCUT2D eigenvalue weighted by Gasteiger charge is -2.18. The van der Waals surface area contributed by atoms with Crippen molar-refractivity contribution in [3.8, 4) is 0 Å². The van der Waals surface area contributed by atoms with Gasteiger partial charge in [-0.2, -0.15) is 0 Å². The molecule has 0 radical (unpaired) electrons. The number of hydrogen-bond donors (Lipinski definition) is 1. The van der Waals surface area contributed by atoms with Gasteiger partial charge in [0.05, 0.1) is 0 Å². The van der Waals surface area contributed by atoms with E-state index in [1.807, 2.05) is 0 Å². The van der Waals surface area contributed by atoms with Crippen molar-refractivity contribution < 1.29 is 0 Å². The molecule has 0 aromatic heterocycles. The normalized spacial score (nSPS) is 16.2. The van der Waals surface area contributed by atoms with E-state index in [-0.39, 0.29) is 24.8 Å². The Hall–Kier alpha value is -0.280. The molecule has 1 heterocycles. The Kier molecular flexibility index (Phi) is 10.5. The summed E-state index contributed by atoms with van der Waals surface area (Å²) in [4.78, 5) is 2.59. The van der Waals surface area contributed by atoms with Crippen LogP contribution in [-0.4, -0.2) is 37.6 Å². The highest BCUT2D eigenvalue weighted by Crippen LogP contribution is 2.04. The highest BCUT2D eigenvalue weighted by molar-refractivity contribution is 5.85. The van der Waals surface area contributed by atoms with Gasteiger partial charge in [0.15, 0.2) is 0 Å². The van der Waals surface area contributed by atoms with E-state index in [0.717, 1.165) is 6.54 Å². The lowest BCUT2D eigenvalue weighted by atomic mass is 10.1. The number of nitrogens with zero attached hydrogens (tertiary/aromatic N) is 1. The Morgan fingerprint density at radius 3 is 2.56 bits per heavy atom. The lowest BCUT2D eigenvalue weighted by molar-refractivity contribution is 0.289. The summed E-state index contributed by atoms with van der Waals surface area (Å²) in [7, 11) is 0. The minimum Gasteiger partial charge on any atom is -0.315 e. The van der Waals surface area contributed by atoms with Gasteiger partial charge in [-0.05, 0) is 44.5 Å². The van der Waals surface area contributed by atoms with Crippen molar-refractivity contribution in [2.75, 3.05) is 32.7 Å². The van der Waals surface area contributed by atoms with E-state index in [1.165, 1.54) is 51.0 Å². The minimum absolute atomic E-state index is 0. The maximum Gasteiger partial charge on any atom is 0.0107 e. The molecule has 2 rings (SSSR count). The zero-order chi connectivity index (χ0) is 11.1. The van der Waals surface area contributed by atoms with Gasteiger partial charge in [0.2, 0.25) is 0 Å². The van der Waals surface area contributed by atoms with Crippen molar-refractivity contribution in [1.29, 1.82) is 0 Å². The lowest BCUT2D eigenvalue weighted by Crippen LogP contribution is -2.29. The van der Waals surface area contributed by atoms with Crippen LogP contribution in [0.25, 0.3) is 0 Å². The van der Waals surface area contributed by atoms with Crippen LogP contribution in [0.1, 0.15) is 18.4 Å². The van der Waals surface area contributed by atoms with E-state index in [0.29, 0.717) is 0 Å². The van der Waals surface area contributed by atoms with Crippen LogP contribution < -0.4 is 5.32 Å². The van der Waals surface area contributed by atoms with Gasteiger partial charge in [-0.25, -0.2) is 0 Å². The van der Waals surface area contributed by atoms with Gasteiger partial charge in [0.1, 0.15) is 0 Å². The Bertz CT molecular complexity index is 285. The topological polar surface area (TPSA) is 15.3 Å². The summed E-state index contributed by atoms with van der Waals surface area (Å²) < 4.78 is 0. The van der Waals surface area contributed by atoms with Gasteiger partial charge < -0.3 is 10.2 Å². The fraction of sp³-hybridized carbons (Fsp3) is 0.571. The largest absolute Gasteiger partial charge is 0.315 e. The third kappa shape index (κ3) is 6.60. The Labute approximate surface area is 123 Å². The summed E-state index contributed by atoms with van der Waals surface area (Å²) in [6.07, 6.45) is 3.79. The average Bonchev–Trinajstić information content (AvgIpc) is 2.59.